The van der Waals surface area contributed by atoms with Crippen LogP contribution in [0.15, 0.2) is 36.4 Å². The summed E-state index contributed by atoms with van der Waals surface area (Å²) in [6.07, 6.45) is 0.628. The highest BCUT2D eigenvalue weighted by atomic mass is 35.5. The molecule has 2 aliphatic heterocycles. The first-order valence-corrected chi connectivity index (χ1v) is 16.7. The van der Waals surface area contributed by atoms with Crippen LogP contribution in [-0.4, -0.2) is 89.3 Å². The third-order valence-electron chi connectivity index (χ3n) is 9.24. The zero-order valence-corrected chi connectivity index (χ0v) is 28.8. The molecule has 12 nitrogen and oxygen atoms in total. The number of anilines is 2. The maximum atomic E-state index is 13.5. The van der Waals surface area contributed by atoms with Crippen molar-refractivity contribution in [3.05, 3.63) is 81.4 Å². The summed E-state index contributed by atoms with van der Waals surface area (Å²) in [7, 11) is 3.71. The number of β-amino-alcohol motifs (C(OH)–C–C–N with tert-alkyl or cyclic N) is 2. The molecule has 2 aromatic carbocycles. The van der Waals surface area contributed by atoms with Gasteiger partial charge < -0.3 is 30.0 Å². The first-order valence-electron chi connectivity index (χ1n) is 16.3. The van der Waals surface area contributed by atoms with E-state index in [-0.39, 0.29) is 11.8 Å². The van der Waals surface area contributed by atoms with Crippen molar-refractivity contribution < 1.29 is 19.8 Å². The lowest BCUT2D eigenvalue weighted by Crippen LogP contribution is -2.36. The van der Waals surface area contributed by atoms with E-state index in [1.807, 2.05) is 60.5 Å². The van der Waals surface area contributed by atoms with Crippen molar-refractivity contribution >= 4 is 34.8 Å². The number of nitrogens with zero attached hydrogens (tertiary/aromatic N) is 6. The van der Waals surface area contributed by atoms with E-state index in [1.54, 1.807) is 19.9 Å². The highest BCUT2D eigenvalue weighted by Crippen LogP contribution is 2.38. The minimum Gasteiger partial charge on any atom is -0.392 e. The van der Waals surface area contributed by atoms with Crippen LogP contribution in [0.5, 0.6) is 0 Å². The topological polar surface area (TPSA) is 141 Å². The smallest absolute Gasteiger partial charge is 0.291 e. The highest BCUT2D eigenvalue weighted by Gasteiger charge is 2.28. The van der Waals surface area contributed by atoms with Gasteiger partial charge in [-0.1, -0.05) is 35.9 Å². The fourth-order valence-electron chi connectivity index (χ4n) is 6.89. The highest BCUT2D eigenvalue weighted by molar-refractivity contribution is 6.36. The number of imidazole rings is 2. The van der Waals surface area contributed by atoms with E-state index in [4.69, 9.17) is 11.6 Å². The molecule has 2 aliphatic rings. The van der Waals surface area contributed by atoms with Gasteiger partial charge in [0.05, 0.1) is 34.3 Å². The number of aliphatic hydroxyl groups excluding tert-OH is 2. The average Bonchev–Trinajstić information content (AvgIpc) is 3.54. The van der Waals surface area contributed by atoms with Crippen molar-refractivity contribution in [1.82, 2.24) is 28.9 Å². The van der Waals surface area contributed by atoms with Gasteiger partial charge in [-0.3, -0.25) is 19.4 Å². The van der Waals surface area contributed by atoms with Gasteiger partial charge in [0.25, 0.3) is 11.8 Å². The number of nitrogens with one attached hydrogen (secondary N) is 2. The summed E-state index contributed by atoms with van der Waals surface area (Å²) in [5, 5.41) is 26.0. The lowest BCUT2D eigenvalue weighted by atomic mass is 9.98. The second-order valence-corrected chi connectivity index (χ2v) is 13.4. The predicted molar refractivity (Wildman–Crippen MR) is 185 cm³/mol. The van der Waals surface area contributed by atoms with Crippen molar-refractivity contribution in [2.75, 3.05) is 36.8 Å². The van der Waals surface area contributed by atoms with Crippen LogP contribution in [-0.2, 0) is 40.0 Å². The molecule has 4 N–H and O–H groups in total. The van der Waals surface area contributed by atoms with Crippen molar-refractivity contribution in [2.24, 2.45) is 14.1 Å². The zero-order chi connectivity index (χ0) is 34.3. The van der Waals surface area contributed by atoms with E-state index >= 15 is 0 Å². The summed E-state index contributed by atoms with van der Waals surface area (Å²) in [5.74, 6) is -0.0448. The molecular formula is C35H43ClN8O4. The Morgan fingerprint density at radius 3 is 1.75 bits per heavy atom. The minimum absolute atomic E-state index is 0.299. The van der Waals surface area contributed by atoms with Crippen LogP contribution in [0.2, 0.25) is 5.02 Å². The van der Waals surface area contributed by atoms with Crippen LogP contribution in [0, 0.1) is 6.92 Å². The summed E-state index contributed by atoms with van der Waals surface area (Å²) in [4.78, 5) is 40.6. The van der Waals surface area contributed by atoms with Crippen LogP contribution in [0.1, 0.15) is 63.4 Å². The summed E-state index contributed by atoms with van der Waals surface area (Å²) in [5.41, 5.74) is 7.16. The maximum absolute atomic E-state index is 13.5. The number of hydrogen-bond acceptors (Lipinski definition) is 8. The molecule has 0 aliphatic carbocycles. The number of halogens is 1. The predicted octanol–water partition coefficient (Wildman–Crippen LogP) is 3.76. The Hall–Kier alpha value is -4.07. The lowest BCUT2D eigenvalue weighted by molar-refractivity contribution is 0.100. The Bertz CT molecular complexity index is 1730. The standard InChI is InChI=1S/C35H43ClN8O4/c1-20(45)16-43-14-12-29-27(18-43)37-32(41(29)4)34(47)39-25-10-6-8-23(22(25)3)24-9-7-11-26(31(24)36)40-35(48)33-38-28-19-44(17-21(2)46)15-13-30(28)42(33)5/h6-11,20-21,45-46H,12-19H2,1-5H3,(H,39,47)(H,40,48). The van der Waals surface area contributed by atoms with Gasteiger partial charge in [-0.05, 0) is 44.0 Å². The molecule has 0 saturated carbocycles. The summed E-state index contributed by atoms with van der Waals surface area (Å²) in [6.45, 7) is 9.33. The number of hydrogen-bond donors (Lipinski definition) is 4. The monoisotopic (exact) mass is 674 g/mol. The molecule has 0 radical (unpaired) electrons. The van der Waals surface area contributed by atoms with Crippen molar-refractivity contribution in [3.63, 3.8) is 0 Å². The van der Waals surface area contributed by atoms with Gasteiger partial charge in [0, 0.05) is 88.8 Å². The molecule has 2 amide bonds. The molecule has 2 unspecified atom stereocenters. The van der Waals surface area contributed by atoms with Crippen molar-refractivity contribution in [3.8, 4) is 11.1 Å². The quantitative estimate of drug-likeness (QED) is 0.210. The van der Waals surface area contributed by atoms with Gasteiger partial charge in [0.15, 0.2) is 11.6 Å². The number of benzene rings is 2. The van der Waals surface area contributed by atoms with Crippen LogP contribution < -0.4 is 10.6 Å². The summed E-state index contributed by atoms with van der Waals surface area (Å²) in [6, 6.07) is 11.1. The second kappa shape index (κ2) is 13.8. The van der Waals surface area contributed by atoms with E-state index < -0.39 is 12.2 Å². The van der Waals surface area contributed by atoms with Gasteiger partial charge in [0.1, 0.15) is 0 Å². The van der Waals surface area contributed by atoms with Crippen molar-refractivity contribution in [1.29, 1.82) is 0 Å². The molecule has 0 saturated heterocycles. The first kappa shape index (κ1) is 33.8. The van der Waals surface area contributed by atoms with E-state index in [0.717, 1.165) is 59.8 Å². The molecule has 0 fully saturated rings. The van der Waals surface area contributed by atoms with E-state index in [2.05, 4.69) is 30.4 Å². The third kappa shape index (κ3) is 6.76. The average molecular weight is 675 g/mol. The summed E-state index contributed by atoms with van der Waals surface area (Å²) < 4.78 is 3.69. The van der Waals surface area contributed by atoms with E-state index in [1.165, 1.54) is 0 Å². The van der Waals surface area contributed by atoms with Crippen molar-refractivity contribution in [2.45, 2.75) is 58.9 Å². The zero-order valence-electron chi connectivity index (χ0n) is 28.0. The van der Waals surface area contributed by atoms with Gasteiger partial charge in [-0.25, -0.2) is 9.97 Å². The fraction of sp³-hybridized carbons (Fsp3) is 0.429. The lowest BCUT2D eigenvalue weighted by Gasteiger charge is -2.27. The first-order chi connectivity index (χ1) is 22.9. The van der Waals surface area contributed by atoms with E-state index in [9.17, 15) is 19.8 Å². The Labute approximate surface area is 285 Å². The SMILES string of the molecule is Cc1c(NC(=O)c2nc3c(n2C)CCN(CC(C)O)C3)cccc1-c1cccc(NC(=O)c2nc3c(n2C)CCN(CC(C)O)C3)c1Cl. The summed E-state index contributed by atoms with van der Waals surface area (Å²) >= 11 is 6.94. The Morgan fingerprint density at radius 2 is 1.25 bits per heavy atom. The van der Waals surface area contributed by atoms with Crippen LogP contribution >= 0.6 is 11.6 Å². The number of amides is 2. The van der Waals surface area contributed by atoms with Gasteiger partial charge in [-0.15, -0.1) is 0 Å². The fourth-order valence-corrected chi connectivity index (χ4v) is 7.16. The molecule has 2 aromatic heterocycles. The number of rotatable bonds is 9. The number of aliphatic hydroxyl groups is 2. The third-order valence-corrected chi connectivity index (χ3v) is 9.65. The van der Waals surface area contributed by atoms with Crippen LogP contribution in [0.25, 0.3) is 11.1 Å². The molecule has 4 heterocycles. The molecule has 13 heteroatoms. The number of carbonyl (C=O) groups is 2. The molecule has 0 bridgehead atoms. The number of fused-ring (bicyclic) bond motifs is 2. The van der Waals surface area contributed by atoms with E-state index in [0.29, 0.717) is 59.8 Å². The molecule has 48 heavy (non-hydrogen) atoms. The Kier molecular flexibility index (Phi) is 9.73. The normalized spacial score (nSPS) is 16.2. The van der Waals surface area contributed by atoms with Gasteiger partial charge in [0.2, 0.25) is 0 Å². The molecule has 0 spiro atoms. The van der Waals surface area contributed by atoms with Gasteiger partial charge in [-0.2, -0.15) is 0 Å². The molecule has 6 rings (SSSR count). The largest absolute Gasteiger partial charge is 0.392 e. The molecule has 254 valence electrons. The van der Waals surface area contributed by atoms with Crippen LogP contribution in [0.3, 0.4) is 0 Å². The van der Waals surface area contributed by atoms with Crippen LogP contribution in [0.4, 0.5) is 11.4 Å². The second-order valence-electron chi connectivity index (χ2n) is 13.0. The molecular weight excluding hydrogens is 632 g/mol. The minimum atomic E-state index is -0.437. The molecule has 2 atom stereocenters. The number of aromatic nitrogens is 4. The Balaban J connectivity index is 1.20. The molecule has 4 aromatic rings. The maximum Gasteiger partial charge on any atom is 0.291 e. The number of carbonyl (C=O) groups excluding carboxylic acids is 2. The van der Waals surface area contributed by atoms with Gasteiger partial charge >= 0.3 is 0 Å². The Morgan fingerprint density at radius 1 is 0.792 bits per heavy atom.